The van der Waals surface area contributed by atoms with Gasteiger partial charge in [-0.25, -0.2) is 14.3 Å². The molecule has 2 aromatic heterocycles. The van der Waals surface area contributed by atoms with Crippen molar-refractivity contribution in [1.29, 1.82) is 0 Å². The van der Waals surface area contributed by atoms with Crippen molar-refractivity contribution in [2.75, 3.05) is 6.61 Å². The molecule has 0 atom stereocenters. The van der Waals surface area contributed by atoms with Crippen molar-refractivity contribution in [3.05, 3.63) is 70.3 Å². The summed E-state index contributed by atoms with van der Waals surface area (Å²) in [7, 11) is 0. The first kappa shape index (κ1) is 17.3. The predicted molar refractivity (Wildman–Crippen MR) is 95.4 cm³/mol. The van der Waals surface area contributed by atoms with Gasteiger partial charge in [-0.05, 0) is 17.1 Å². The molecule has 8 heteroatoms. The number of ether oxygens (including phenoxy) is 1. The number of imidazole rings is 1. The van der Waals surface area contributed by atoms with Crippen LogP contribution < -0.4 is 0 Å². The summed E-state index contributed by atoms with van der Waals surface area (Å²) >= 11 is 0. The van der Waals surface area contributed by atoms with E-state index in [9.17, 15) is 14.9 Å². The van der Waals surface area contributed by atoms with Gasteiger partial charge in [-0.3, -0.25) is 4.98 Å². The molecule has 0 amide bonds. The van der Waals surface area contributed by atoms with Crippen LogP contribution in [0.15, 0.2) is 48.8 Å². The van der Waals surface area contributed by atoms with E-state index in [0.29, 0.717) is 5.82 Å². The number of rotatable bonds is 6. The van der Waals surface area contributed by atoms with E-state index in [1.165, 1.54) is 16.8 Å². The average Bonchev–Trinajstić information content (AvgIpc) is 3.01. The highest BCUT2D eigenvalue weighted by molar-refractivity contribution is 5.92. The van der Waals surface area contributed by atoms with Crippen LogP contribution in [0.3, 0.4) is 0 Å². The number of aryl methyl sites for hydroxylation is 1. The van der Waals surface area contributed by atoms with Gasteiger partial charge in [-0.2, -0.15) is 0 Å². The Labute approximate surface area is 148 Å². The molecule has 0 saturated carbocycles. The van der Waals surface area contributed by atoms with Gasteiger partial charge in [0.15, 0.2) is 5.82 Å². The van der Waals surface area contributed by atoms with E-state index in [4.69, 9.17) is 4.74 Å². The zero-order valence-corrected chi connectivity index (χ0v) is 14.0. The highest BCUT2D eigenvalue weighted by atomic mass is 16.6. The van der Waals surface area contributed by atoms with Gasteiger partial charge in [-0.15, -0.1) is 0 Å². The van der Waals surface area contributed by atoms with E-state index in [0.717, 1.165) is 16.5 Å². The van der Waals surface area contributed by atoms with Gasteiger partial charge < -0.3 is 14.9 Å². The molecule has 0 aliphatic rings. The monoisotopic (exact) mass is 352 g/mol. The fourth-order valence-corrected chi connectivity index (χ4v) is 2.58. The van der Waals surface area contributed by atoms with E-state index in [-0.39, 0.29) is 19.0 Å². The topological polar surface area (TPSA) is 100 Å². The second-order valence-electron chi connectivity index (χ2n) is 5.50. The summed E-state index contributed by atoms with van der Waals surface area (Å²) in [4.78, 5) is 30.5. The van der Waals surface area contributed by atoms with Crippen molar-refractivity contribution in [1.82, 2.24) is 14.5 Å². The summed E-state index contributed by atoms with van der Waals surface area (Å²) in [5, 5.41) is 11.9. The van der Waals surface area contributed by atoms with Crippen molar-refractivity contribution in [2.45, 2.75) is 13.5 Å². The minimum Gasteiger partial charge on any atom is -0.458 e. The van der Waals surface area contributed by atoms with Crippen molar-refractivity contribution in [3.8, 4) is 0 Å². The summed E-state index contributed by atoms with van der Waals surface area (Å²) in [6.07, 6.45) is 5.84. The lowest BCUT2D eigenvalue weighted by Gasteiger charge is -2.04. The second kappa shape index (κ2) is 7.56. The van der Waals surface area contributed by atoms with Crippen LogP contribution in [0.4, 0.5) is 5.82 Å². The van der Waals surface area contributed by atoms with Gasteiger partial charge in [-0.1, -0.05) is 24.3 Å². The van der Waals surface area contributed by atoms with Crippen LogP contribution in [-0.2, 0) is 16.1 Å². The number of fused-ring (bicyclic) bond motifs is 1. The molecule has 0 saturated heterocycles. The Bertz CT molecular complexity index is 989. The minimum absolute atomic E-state index is 0.00893. The number of aromatic nitrogens is 3. The molecule has 26 heavy (non-hydrogen) atoms. The molecule has 1 aromatic carbocycles. The fourth-order valence-electron chi connectivity index (χ4n) is 2.58. The lowest BCUT2D eigenvalue weighted by atomic mass is 10.1. The van der Waals surface area contributed by atoms with E-state index in [1.54, 1.807) is 19.2 Å². The number of hydrogen-bond donors (Lipinski definition) is 0. The first-order valence-electron chi connectivity index (χ1n) is 7.91. The molecule has 0 N–H and O–H groups in total. The molecule has 0 bridgehead atoms. The number of benzene rings is 1. The molecular weight excluding hydrogens is 336 g/mol. The Morgan fingerprint density at radius 2 is 2.12 bits per heavy atom. The third-order valence-electron chi connectivity index (χ3n) is 3.84. The molecule has 0 aliphatic carbocycles. The number of nitro groups is 1. The number of para-hydroxylation sites is 1. The number of esters is 1. The van der Waals surface area contributed by atoms with Crippen LogP contribution >= 0.6 is 0 Å². The van der Waals surface area contributed by atoms with Gasteiger partial charge in [0.05, 0.1) is 5.52 Å². The summed E-state index contributed by atoms with van der Waals surface area (Å²) < 4.78 is 6.52. The molecule has 0 spiro atoms. The van der Waals surface area contributed by atoms with Crippen LogP contribution in [0.2, 0.25) is 0 Å². The van der Waals surface area contributed by atoms with Crippen molar-refractivity contribution in [2.24, 2.45) is 0 Å². The van der Waals surface area contributed by atoms with Gasteiger partial charge in [0.2, 0.25) is 0 Å². The Morgan fingerprint density at radius 3 is 2.92 bits per heavy atom. The maximum atomic E-state index is 11.9. The Morgan fingerprint density at radius 1 is 1.31 bits per heavy atom. The van der Waals surface area contributed by atoms with Crippen molar-refractivity contribution < 1.29 is 14.5 Å². The fraction of sp³-hybridized carbons (Fsp3) is 0.167. The van der Waals surface area contributed by atoms with Crippen LogP contribution in [-0.4, -0.2) is 32.0 Å². The normalized spacial score (nSPS) is 11.1. The molecule has 132 valence electrons. The van der Waals surface area contributed by atoms with Gasteiger partial charge in [0.1, 0.15) is 19.3 Å². The van der Waals surface area contributed by atoms with Crippen LogP contribution in [0.1, 0.15) is 11.4 Å². The first-order chi connectivity index (χ1) is 12.6. The standard InChI is InChI=1S/C18H16N4O4/c1-13-20-12-16(22(24)25)21(13)10-11-26-17(23)8-7-15-5-2-4-14-6-3-9-19-18(14)15/h2-9,12H,10-11H2,1H3/b8-7+. The second-order valence-corrected chi connectivity index (χ2v) is 5.50. The molecular formula is C18H16N4O4. The van der Waals surface area contributed by atoms with E-state index >= 15 is 0 Å². The zero-order chi connectivity index (χ0) is 18.5. The lowest BCUT2D eigenvalue weighted by molar-refractivity contribution is -0.392. The lowest BCUT2D eigenvalue weighted by Crippen LogP contribution is -2.12. The number of carbonyl (C=O) groups is 1. The molecule has 0 fully saturated rings. The summed E-state index contributed by atoms with van der Waals surface area (Å²) in [6.45, 7) is 1.83. The number of nitrogens with zero attached hydrogens (tertiary/aromatic N) is 4. The molecule has 2 heterocycles. The van der Waals surface area contributed by atoms with Gasteiger partial charge in [0.25, 0.3) is 0 Å². The van der Waals surface area contributed by atoms with Crippen molar-refractivity contribution >= 4 is 28.8 Å². The molecule has 0 aliphatic heterocycles. The first-order valence-corrected chi connectivity index (χ1v) is 7.91. The Kier molecular flexibility index (Phi) is 5.02. The van der Waals surface area contributed by atoms with Gasteiger partial charge >= 0.3 is 11.8 Å². The van der Waals surface area contributed by atoms with E-state index in [1.807, 2.05) is 30.3 Å². The van der Waals surface area contributed by atoms with Crippen LogP contribution in [0.5, 0.6) is 0 Å². The van der Waals surface area contributed by atoms with Gasteiger partial charge in [0, 0.05) is 30.1 Å². The predicted octanol–water partition coefficient (Wildman–Crippen LogP) is 2.90. The number of pyridine rings is 1. The number of carbonyl (C=O) groups excluding carboxylic acids is 1. The largest absolute Gasteiger partial charge is 0.458 e. The molecule has 3 rings (SSSR count). The quantitative estimate of drug-likeness (QED) is 0.293. The highest BCUT2D eigenvalue weighted by Crippen LogP contribution is 2.17. The molecule has 3 aromatic rings. The maximum Gasteiger partial charge on any atom is 0.342 e. The average molecular weight is 352 g/mol. The van der Waals surface area contributed by atoms with Crippen molar-refractivity contribution in [3.63, 3.8) is 0 Å². The smallest absolute Gasteiger partial charge is 0.342 e. The van der Waals surface area contributed by atoms with E-state index in [2.05, 4.69) is 9.97 Å². The minimum atomic E-state index is -0.529. The Hall–Kier alpha value is -3.55. The summed E-state index contributed by atoms with van der Waals surface area (Å²) in [5.74, 6) is -0.167. The van der Waals surface area contributed by atoms with E-state index < -0.39 is 10.9 Å². The molecule has 0 unspecified atom stereocenters. The maximum absolute atomic E-state index is 11.9. The zero-order valence-electron chi connectivity index (χ0n) is 14.0. The third kappa shape index (κ3) is 3.75. The molecule has 8 nitrogen and oxygen atoms in total. The summed E-state index contributed by atoms with van der Waals surface area (Å²) in [5.41, 5.74) is 1.60. The highest BCUT2D eigenvalue weighted by Gasteiger charge is 2.17. The number of hydrogen-bond acceptors (Lipinski definition) is 6. The molecule has 0 radical (unpaired) electrons. The Balaban J connectivity index is 1.62. The van der Waals surface area contributed by atoms with Crippen LogP contribution in [0.25, 0.3) is 17.0 Å². The third-order valence-corrected chi connectivity index (χ3v) is 3.84. The van der Waals surface area contributed by atoms with Crippen LogP contribution in [0, 0.1) is 17.0 Å². The summed E-state index contributed by atoms with van der Waals surface area (Å²) in [6, 6.07) is 9.48. The SMILES string of the molecule is Cc1ncc([N+](=O)[O-])n1CCOC(=O)/C=C/c1cccc2cccnc12.